The summed E-state index contributed by atoms with van der Waals surface area (Å²) in [6, 6.07) is 3.57. The van der Waals surface area contributed by atoms with Crippen LogP contribution >= 0.6 is 0 Å². The fourth-order valence-electron chi connectivity index (χ4n) is 3.98. The van der Waals surface area contributed by atoms with E-state index in [1.807, 2.05) is 29.9 Å². The van der Waals surface area contributed by atoms with Crippen LogP contribution in [0.3, 0.4) is 0 Å². The minimum absolute atomic E-state index is 0.346. The Bertz CT molecular complexity index is 1540. The van der Waals surface area contributed by atoms with Crippen LogP contribution in [0.15, 0.2) is 49.3 Å². The number of anilines is 1. The molecule has 0 bridgehead atoms. The Morgan fingerprint density at radius 3 is 2.69 bits per heavy atom. The van der Waals surface area contributed by atoms with Gasteiger partial charge in [0.25, 0.3) is 5.88 Å². The van der Waals surface area contributed by atoms with E-state index >= 15 is 0 Å². The van der Waals surface area contributed by atoms with E-state index < -0.39 is 0 Å². The van der Waals surface area contributed by atoms with E-state index in [4.69, 9.17) is 4.74 Å². The van der Waals surface area contributed by atoms with Gasteiger partial charge in [-0.25, -0.2) is 19.9 Å². The van der Waals surface area contributed by atoms with Gasteiger partial charge in [-0.1, -0.05) is 13.0 Å². The molecule has 1 aliphatic heterocycles. The van der Waals surface area contributed by atoms with Crippen molar-refractivity contribution in [1.82, 2.24) is 54.7 Å². The fraction of sp³-hybridized carbons (Fsp3) is 0.261. The number of aryl methyl sites for hydroxylation is 2. The van der Waals surface area contributed by atoms with E-state index in [0.29, 0.717) is 35.3 Å². The predicted octanol–water partition coefficient (Wildman–Crippen LogP) is 2.24. The summed E-state index contributed by atoms with van der Waals surface area (Å²) >= 11 is 0. The molecule has 36 heavy (non-hydrogen) atoms. The minimum Gasteiger partial charge on any atom is -0.434 e. The second kappa shape index (κ2) is 9.09. The first-order chi connectivity index (χ1) is 17.7. The van der Waals surface area contributed by atoms with Crippen molar-refractivity contribution in [2.24, 2.45) is 0 Å². The summed E-state index contributed by atoms with van der Waals surface area (Å²) in [5.41, 5.74) is 3.42. The number of rotatable bonds is 6. The van der Waals surface area contributed by atoms with Crippen molar-refractivity contribution in [1.29, 1.82) is 0 Å². The molecule has 0 aromatic carbocycles. The van der Waals surface area contributed by atoms with Gasteiger partial charge in [-0.05, 0) is 53.5 Å². The number of hydrogen-bond donors (Lipinski definition) is 0. The Labute approximate surface area is 205 Å². The first kappa shape index (κ1) is 21.7. The molecule has 13 nitrogen and oxygen atoms in total. The van der Waals surface area contributed by atoms with Gasteiger partial charge in [0.2, 0.25) is 11.6 Å². The lowest BCUT2D eigenvalue weighted by Crippen LogP contribution is -2.30. The molecule has 0 fully saturated rings. The number of pyridine rings is 1. The number of tetrazole rings is 1. The number of fused-ring (bicyclic) bond motifs is 1. The highest BCUT2D eigenvalue weighted by Crippen LogP contribution is 2.29. The molecule has 0 aliphatic carbocycles. The fourth-order valence-corrected chi connectivity index (χ4v) is 3.98. The molecule has 1 aliphatic rings. The Morgan fingerprint density at radius 2 is 1.97 bits per heavy atom. The molecule has 6 rings (SSSR count). The summed E-state index contributed by atoms with van der Waals surface area (Å²) in [4.78, 5) is 20.0. The van der Waals surface area contributed by atoms with Crippen molar-refractivity contribution in [3.8, 4) is 17.4 Å². The molecule has 0 atom stereocenters. The Kier molecular flexibility index (Phi) is 5.48. The average molecular weight is 483 g/mol. The SMILES string of the molecule is CCc1cnc(N2CC=C(c3nnc4c(Oc5ccc(-n6cnnn6)nc5C)nccn34)CC2)nc1. The summed E-state index contributed by atoms with van der Waals surface area (Å²) in [5, 5.41) is 20.0. The molecule has 0 radical (unpaired) electrons. The lowest BCUT2D eigenvalue weighted by atomic mass is 10.1. The van der Waals surface area contributed by atoms with Crippen LogP contribution in [0.1, 0.15) is 30.4 Å². The summed E-state index contributed by atoms with van der Waals surface area (Å²) in [5.74, 6) is 3.00. The van der Waals surface area contributed by atoms with Crippen LogP contribution in [0.25, 0.3) is 17.0 Å². The van der Waals surface area contributed by atoms with Gasteiger partial charge in [0, 0.05) is 37.9 Å². The number of ether oxygens (including phenoxy) is 1. The molecule has 0 saturated heterocycles. The molecular weight excluding hydrogens is 460 g/mol. The van der Waals surface area contributed by atoms with Crippen LogP contribution < -0.4 is 9.64 Å². The molecule has 180 valence electrons. The molecule has 0 saturated carbocycles. The second-order valence-corrected chi connectivity index (χ2v) is 8.23. The van der Waals surface area contributed by atoms with Gasteiger partial charge in [0.1, 0.15) is 6.33 Å². The van der Waals surface area contributed by atoms with Gasteiger partial charge in [-0.3, -0.25) is 4.40 Å². The molecule has 0 amide bonds. The molecule has 5 aromatic heterocycles. The first-order valence-corrected chi connectivity index (χ1v) is 11.5. The maximum Gasteiger partial charge on any atom is 0.265 e. The molecule has 0 spiro atoms. The lowest BCUT2D eigenvalue weighted by molar-refractivity contribution is 0.458. The van der Waals surface area contributed by atoms with Crippen molar-refractivity contribution in [2.45, 2.75) is 26.7 Å². The van der Waals surface area contributed by atoms with Crippen LogP contribution in [-0.4, -0.2) is 67.8 Å². The van der Waals surface area contributed by atoms with Crippen LogP contribution in [0.4, 0.5) is 5.95 Å². The highest BCUT2D eigenvalue weighted by atomic mass is 16.5. The predicted molar refractivity (Wildman–Crippen MR) is 129 cm³/mol. The second-order valence-electron chi connectivity index (χ2n) is 8.23. The number of nitrogens with zero attached hydrogens (tertiary/aromatic N) is 12. The third-order valence-electron chi connectivity index (χ3n) is 5.99. The molecular formula is C23H22N12O. The molecule has 13 heteroatoms. The zero-order chi connectivity index (χ0) is 24.5. The molecule has 6 heterocycles. The third kappa shape index (κ3) is 4.00. The van der Waals surface area contributed by atoms with E-state index in [9.17, 15) is 0 Å². The topological polar surface area (TPSA) is 138 Å². The molecule has 0 unspecified atom stereocenters. The van der Waals surface area contributed by atoms with Gasteiger partial charge in [-0.2, -0.15) is 4.68 Å². The first-order valence-electron chi connectivity index (χ1n) is 11.5. The monoisotopic (exact) mass is 482 g/mol. The van der Waals surface area contributed by atoms with Crippen molar-refractivity contribution in [3.05, 3.63) is 66.4 Å². The highest BCUT2D eigenvalue weighted by Gasteiger charge is 2.21. The zero-order valence-corrected chi connectivity index (χ0v) is 19.7. The van der Waals surface area contributed by atoms with Crippen molar-refractivity contribution >= 4 is 17.2 Å². The zero-order valence-electron chi connectivity index (χ0n) is 19.7. The van der Waals surface area contributed by atoms with Gasteiger partial charge in [0.05, 0.1) is 5.69 Å². The van der Waals surface area contributed by atoms with Gasteiger partial charge < -0.3 is 9.64 Å². The van der Waals surface area contributed by atoms with Gasteiger partial charge in [-0.15, -0.1) is 15.3 Å². The number of aromatic nitrogens is 11. The van der Waals surface area contributed by atoms with Crippen LogP contribution in [0, 0.1) is 6.92 Å². The van der Waals surface area contributed by atoms with Crippen LogP contribution in [-0.2, 0) is 6.42 Å². The quantitative estimate of drug-likeness (QED) is 0.352. The van der Waals surface area contributed by atoms with Crippen LogP contribution in [0.2, 0.25) is 0 Å². The molecule has 5 aromatic rings. The number of hydrogen-bond acceptors (Lipinski definition) is 11. The average Bonchev–Trinajstić information content (AvgIpc) is 3.61. The largest absolute Gasteiger partial charge is 0.434 e. The third-order valence-corrected chi connectivity index (χ3v) is 5.99. The lowest BCUT2D eigenvalue weighted by Gasteiger charge is -2.25. The maximum atomic E-state index is 6.09. The highest BCUT2D eigenvalue weighted by molar-refractivity contribution is 5.66. The van der Waals surface area contributed by atoms with E-state index in [-0.39, 0.29) is 0 Å². The van der Waals surface area contributed by atoms with Gasteiger partial charge >= 0.3 is 0 Å². The summed E-state index contributed by atoms with van der Waals surface area (Å²) in [6.07, 6.45) is 12.6. The van der Waals surface area contributed by atoms with Gasteiger partial charge in [0.15, 0.2) is 17.4 Å². The van der Waals surface area contributed by atoms with E-state index in [0.717, 1.165) is 42.3 Å². The summed E-state index contributed by atoms with van der Waals surface area (Å²) in [7, 11) is 0. The summed E-state index contributed by atoms with van der Waals surface area (Å²) in [6.45, 7) is 5.42. The Balaban J connectivity index is 1.23. The normalized spacial score (nSPS) is 13.7. The molecule has 0 N–H and O–H groups in total. The Hall–Kier alpha value is -4.81. The summed E-state index contributed by atoms with van der Waals surface area (Å²) < 4.78 is 9.46. The van der Waals surface area contributed by atoms with E-state index in [2.05, 4.69) is 63.6 Å². The smallest absolute Gasteiger partial charge is 0.265 e. The van der Waals surface area contributed by atoms with Crippen molar-refractivity contribution in [3.63, 3.8) is 0 Å². The van der Waals surface area contributed by atoms with Crippen molar-refractivity contribution < 1.29 is 4.74 Å². The standard InChI is InChI=1S/C23H22N12O/c1-3-16-12-25-23(26-13-16)33-9-6-17(7-10-33)20-29-30-21-22(24-8-11-34(20)21)36-18-4-5-19(28-15(18)2)35-14-27-31-32-35/h4-6,8,11-14H,3,7,9-10H2,1-2H3. The van der Waals surface area contributed by atoms with Crippen LogP contribution in [0.5, 0.6) is 11.6 Å². The van der Waals surface area contributed by atoms with E-state index in [1.165, 1.54) is 11.0 Å². The Morgan fingerprint density at radius 1 is 1.08 bits per heavy atom. The van der Waals surface area contributed by atoms with E-state index in [1.54, 1.807) is 18.3 Å². The maximum absolute atomic E-state index is 6.09. The van der Waals surface area contributed by atoms with Crippen molar-refractivity contribution in [2.75, 3.05) is 18.0 Å². The minimum atomic E-state index is 0.346.